The molecule has 0 bridgehead atoms. The van der Waals surface area contributed by atoms with E-state index in [9.17, 15) is 9.90 Å². The van der Waals surface area contributed by atoms with Gasteiger partial charge in [0.05, 0.1) is 11.4 Å². The zero-order chi connectivity index (χ0) is 12.9. The number of nitrogens with zero attached hydrogens (tertiary/aromatic N) is 1. The van der Waals surface area contributed by atoms with Crippen LogP contribution in [0.25, 0.3) is 10.9 Å². The molecule has 1 fully saturated rings. The number of carboxylic acids is 1. The molecule has 18 heavy (non-hydrogen) atoms. The van der Waals surface area contributed by atoms with E-state index < -0.39 is 5.97 Å². The van der Waals surface area contributed by atoms with Gasteiger partial charge in [0, 0.05) is 17.5 Å². The lowest BCUT2D eigenvalue weighted by atomic mass is 10.0. The van der Waals surface area contributed by atoms with Gasteiger partial charge in [-0.25, -0.2) is 0 Å². The molecule has 2 atom stereocenters. The summed E-state index contributed by atoms with van der Waals surface area (Å²) in [6, 6.07) is 9.95. The van der Waals surface area contributed by atoms with Gasteiger partial charge in [-0.3, -0.25) is 9.78 Å². The van der Waals surface area contributed by atoms with Crippen molar-refractivity contribution >= 4 is 16.9 Å². The third-order valence-corrected chi connectivity index (χ3v) is 4.08. The Morgan fingerprint density at radius 1 is 1.33 bits per heavy atom. The molecule has 3 rings (SSSR count). The smallest absolute Gasteiger partial charge is 0.307 e. The number of carboxylic acid groups (broad SMARTS) is 1. The second kappa shape index (κ2) is 3.55. The van der Waals surface area contributed by atoms with E-state index in [1.165, 1.54) is 0 Å². The molecule has 0 aliphatic heterocycles. The van der Waals surface area contributed by atoms with Gasteiger partial charge in [0.15, 0.2) is 0 Å². The van der Waals surface area contributed by atoms with Crippen molar-refractivity contribution in [2.24, 2.45) is 11.3 Å². The average molecular weight is 241 g/mol. The second-order valence-corrected chi connectivity index (χ2v) is 5.57. The highest BCUT2D eigenvalue weighted by molar-refractivity contribution is 5.81. The van der Waals surface area contributed by atoms with E-state index in [4.69, 9.17) is 0 Å². The molecule has 1 aromatic carbocycles. The standard InChI is InChI=1S/C15H15NO2/c1-15(2)12(13(15)14(17)18)10-5-6-11-9(8-10)4-3-7-16-11/h3-8,12-13H,1-2H3,(H,17,18). The number of aliphatic carboxylic acids is 1. The molecule has 1 aliphatic rings. The molecule has 3 heteroatoms. The summed E-state index contributed by atoms with van der Waals surface area (Å²) in [4.78, 5) is 15.5. The number of benzene rings is 1. The Balaban J connectivity index is 2.04. The predicted octanol–water partition coefficient (Wildman–Crippen LogP) is 3.06. The zero-order valence-electron chi connectivity index (χ0n) is 10.4. The van der Waals surface area contributed by atoms with E-state index in [-0.39, 0.29) is 17.3 Å². The van der Waals surface area contributed by atoms with Gasteiger partial charge in [-0.2, -0.15) is 0 Å². The van der Waals surface area contributed by atoms with Gasteiger partial charge < -0.3 is 5.11 Å². The van der Waals surface area contributed by atoms with Crippen molar-refractivity contribution in [1.29, 1.82) is 0 Å². The molecule has 0 spiro atoms. The van der Waals surface area contributed by atoms with Crippen molar-refractivity contribution in [3.63, 3.8) is 0 Å². The summed E-state index contributed by atoms with van der Waals surface area (Å²) in [5.74, 6) is -0.859. The van der Waals surface area contributed by atoms with Gasteiger partial charge in [-0.15, -0.1) is 0 Å². The van der Waals surface area contributed by atoms with Crippen LogP contribution >= 0.6 is 0 Å². The summed E-state index contributed by atoms with van der Waals surface area (Å²) in [5, 5.41) is 10.3. The largest absolute Gasteiger partial charge is 0.481 e. The molecular weight excluding hydrogens is 226 g/mol. The van der Waals surface area contributed by atoms with Gasteiger partial charge >= 0.3 is 5.97 Å². The first-order valence-electron chi connectivity index (χ1n) is 6.09. The first-order chi connectivity index (χ1) is 8.51. The maximum absolute atomic E-state index is 11.2. The maximum atomic E-state index is 11.2. The summed E-state index contributed by atoms with van der Waals surface area (Å²) in [5.41, 5.74) is 1.90. The van der Waals surface area contributed by atoms with Gasteiger partial charge in [-0.1, -0.05) is 26.0 Å². The predicted molar refractivity (Wildman–Crippen MR) is 69.4 cm³/mol. The van der Waals surface area contributed by atoms with Crippen molar-refractivity contribution in [3.05, 3.63) is 42.1 Å². The average Bonchev–Trinajstić information content (AvgIpc) is 2.92. The topological polar surface area (TPSA) is 50.2 Å². The summed E-state index contributed by atoms with van der Waals surface area (Å²) in [7, 11) is 0. The van der Waals surface area contributed by atoms with Crippen LogP contribution in [-0.2, 0) is 4.79 Å². The lowest BCUT2D eigenvalue weighted by Gasteiger charge is -2.04. The van der Waals surface area contributed by atoms with E-state index in [2.05, 4.69) is 11.1 Å². The fraction of sp³-hybridized carbons (Fsp3) is 0.333. The molecule has 1 heterocycles. The monoisotopic (exact) mass is 241 g/mol. The molecule has 2 unspecified atom stereocenters. The van der Waals surface area contributed by atoms with Crippen molar-refractivity contribution in [3.8, 4) is 0 Å². The van der Waals surface area contributed by atoms with Gasteiger partial charge in [-0.05, 0) is 29.2 Å². The summed E-state index contributed by atoms with van der Waals surface area (Å²) in [6.45, 7) is 4.04. The number of pyridine rings is 1. The Kier molecular flexibility index (Phi) is 2.21. The van der Waals surface area contributed by atoms with Crippen LogP contribution in [0.15, 0.2) is 36.5 Å². The SMILES string of the molecule is CC1(C)C(C(=O)O)C1c1ccc2ncccc2c1. The van der Waals surface area contributed by atoms with Crippen molar-refractivity contribution in [1.82, 2.24) is 4.98 Å². The Labute approximate surface area is 105 Å². The highest BCUT2D eigenvalue weighted by atomic mass is 16.4. The van der Waals surface area contributed by atoms with E-state index >= 15 is 0 Å². The van der Waals surface area contributed by atoms with Crippen molar-refractivity contribution in [2.45, 2.75) is 19.8 Å². The van der Waals surface area contributed by atoms with Gasteiger partial charge in [0.25, 0.3) is 0 Å². The van der Waals surface area contributed by atoms with E-state index in [0.29, 0.717) is 0 Å². The lowest BCUT2D eigenvalue weighted by molar-refractivity contribution is -0.139. The Morgan fingerprint density at radius 3 is 2.78 bits per heavy atom. The molecule has 1 N–H and O–H groups in total. The zero-order valence-corrected chi connectivity index (χ0v) is 10.4. The molecular formula is C15H15NO2. The van der Waals surface area contributed by atoms with Crippen LogP contribution in [0, 0.1) is 11.3 Å². The highest BCUT2D eigenvalue weighted by Crippen LogP contribution is 2.64. The molecule has 1 saturated carbocycles. The van der Waals surface area contributed by atoms with Gasteiger partial charge in [0.2, 0.25) is 0 Å². The number of carbonyl (C=O) groups is 1. The van der Waals surface area contributed by atoms with E-state index in [1.54, 1.807) is 6.20 Å². The quantitative estimate of drug-likeness (QED) is 0.879. The van der Waals surface area contributed by atoms with Gasteiger partial charge in [0.1, 0.15) is 0 Å². The lowest BCUT2D eigenvalue weighted by Crippen LogP contribution is -2.03. The van der Waals surface area contributed by atoms with E-state index in [1.807, 2.05) is 38.1 Å². The normalized spacial score (nSPS) is 25.0. The molecule has 0 saturated heterocycles. The third kappa shape index (κ3) is 1.50. The first-order valence-corrected chi connectivity index (χ1v) is 6.09. The molecule has 1 aromatic heterocycles. The Morgan fingerprint density at radius 2 is 2.11 bits per heavy atom. The third-order valence-electron chi connectivity index (χ3n) is 4.08. The Hall–Kier alpha value is -1.90. The fourth-order valence-electron chi connectivity index (χ4n) is 3.01. The molecule has 0 radical (unpaired) electrons. The number of aromatic nitrogens is 1. The number of hydrogen-bond donors (Lipinski definition) is 1. The van der Waals surface area contributed by atoms with E-state index in [0.717, 1.165) is 16.5 Å². The van der Waals surface area contributed by atoms with Crippen LogP contribution in [0.4, 0.5) is 0 Å². The second-order valence-electron chi connectivity index (χ2n) is 5.57. The molecule has 92 valence electrons. The Bertz CT molecular complexity index is 633. The highest BCUT2D eigenvalue weighted by Gasteiger charge is 2.62. The minimum absolute atomic E-state index is 0.111. The van der Waals surface area contributed by atoms with Crippen LogP contribution in [0.3, 0.4) is 0 Å². The van der Waals surface area contributed by atoms with Crippen LogP contribution < -0.4 is 0 Å². The van der Waals surface area contributed by atoms with Crippen molar-refractivity contribution < 1.29 is 9.90 Å². The molecule has 3 nitrogen and oxygen atoms in total. The molecule has 1 aliphatic carbocycles. The number of hydrogen-bond acceptors (Lipinski definition) is 2. The maximum Gasteiger partial charge on any atom is 0.307 e. The fourth-order valence-corrected chi connectivity index (χ4v) is 3.01. The van der Waals surface area contributed by atoms with Crippen LogP contribution in [-0.4, -0.2) is 16.1 Å². The number of fused-ring (bicyclic) bond motifs is 1. The number of rotatable bonds is 2. The van der Waals surface area contributed by atoms with Crippen LogP contribution in [0.1, 0.15) is 25.3 Å². The summed E-state index contributed by atoms with van der Waals surface area (Å²) >= 11 is 0. The minimum Gasteiger partial charge on any atom is -0.481 e. The molecule has 0 amide bonds. The van der Waals surface area contributed by atoms with Crippen LogP contribution in [0.5, 0.6) is 0 Å². The van der Waals surface area contributed by atoms with Crippen LogP contribution in [0.2, 0.25) is 0 Å². The minimum atomic E-state index is -0.698. The summed E-state index contributed by atoms with van der Waals surface area (Å²) in [6.07, 6.45) is 1.77. The van der Waals surface area contributed by atoms with Crippen molar-refractivity contribution in [2.75, 3.05) is 0 Å². The summed E-state index contributed by atoms with van der Waals surface area (Å²) < 4.78 is 0. The first kappa shape index (κ1) is 11.2. The molecule has 2 aromatic rings.